The van der Waals surface area contributed by atoms with Crippen molar-refractivity contribution in [1.29, 1.82) is 0 Å². The fourth-order valence-corrected chi connectivity index (χ4v) is 1.54. The van der Waals surface area contributed by atoms with Crippen LogP contribution >= 0.6 is 12.4 Å². The van der Waals surface area contributed by atoms with Crippen LogP contribution in [0.3, 0.4) is 0 Å². The first-order valence-electron chi connectivity index (χ1n) is 5.78. The molecule has 0 aliphatic heterocycles. The van der Waals surface area contributed by atoms with Gasteiger partial charge in [0.2, 0.25) is 5.91 Å². The largest absolute Gasteiger partial charge is 0.467 e. The Morgan fingerprint density at radius 2 is 1.89 bits per heavy atom. The number of carbonyl (C=O) groups is 2. The van der Waals surface area contributed by atoms with Gasteiger partial charge in [0.1, 0.15) is 12.1 Å². The number of esters is 1. The van der Waals surface area contributed by atoms with Crippen LogP contribution in [0.15, 0.2) is 30.3 Å². The molecule has 6 heteroatoms. The summed E-state index contributed by atoms with van der Waals surface area (Å²) in [6.07, 6.45) is 0.458. The van der Waals surface area contributed by atoms with E-state index in [1.54, 1.807) is 31.2 Å². The van der Waals surface area contributed by atoms with Crippen molar-refractivity contribution in [2.45, 2.75) is 25.4 Å². The Kier molecular flexibility index (Phi) is 7.79. The quantitative estimate of drug-likeness (QED) is 0.796. The highest BCUT2D eigenvalue weighted by Gasteiger charge is 2.23. The number of hydrogen-bond acceptors (Lipinski definition) is 4. The third kappa shape index (κ3) is 4.89. The van der Waals surface area contributed by atoms with Gasteiger partial charge in [-0.3, -0.25) is 4.79 Å². The Hall–Kier alpha value is -1.59. The molecule has 0 saturated carbocycles. The maximum atomic E-state index is 11.9. The molecule has 106 valence electrons. The lowest BCUT2D eigenvalue weighted by Crippen LogP contribution is -2.45. The predicted molar refractivity (Wildman–Crippen MR) is 74.9 cm³/mol. The summed E-state index contributed by atoms with van der Waals surface area (Å²) in [7, 11) is 1.29. The van der Waals surface area contributed by atoms with Crippen molar-refractivity contribution < 1.29 is 14.3 Å². The van der Waals surface area contributed by atoms with Gasteiger partial charge >= 0.3 is 5.97 Å². The topological polar surface area (TPSA) is 81.4 Å². The fourth-order valence-electron chi connectivity index (χ4n) is 1.54. The molecule has 0 saturated heterocycles. The van der Waals surface area contributed by atoms with Crippen LogP contribution < -0.4 is 11.1 Å². The second kappa shape index (κ2) is 8.50. The van der Waals surface area contributed by atoms with E-state index < -0.39 is 24.0 Å². The summed E-state index contributed by atoms with van der Waals surface area (Å²) in [6, 6.07) is 7.55. The number of amides is 1. The molecule has 0 aliphatic rings. The molecule has 0 radical (unpaired) electrons. The first-order chi connectivity index (χ1) is 8.60. The SMILES string of the molecule is CCC(NC(=O)C(N)c1ccccc1)C(=O)OC.Cl. The Balaban J connectivity index is 0.00000324. The summed E-state index contributed by atoms with van der Waals surface area (Å²) in [5, 5.41) is 2.58. The van der Waals surface area contributed by atoms with E-state index in [1.807, 2.05) is 6.07 Å². The fraction of sp³-hybridized carbons (Fsp3) is 0.385. The highest BCUT2D eigenvalue weighted by molar-refractivity contribution is 5.88. The van der Waals surface area contributed by atoms with Crippen LogP contribution in [0.2, 0.25) is 0 Å². The van der Waals surface area contributed by atoms with Gasteiger partial charge in [0.05, 0.1) is 7.11 Å². The summed E-state index contributed by atoms with van der Waals surface area (Å²) in [6.45, 7) is 1.79. The molecule has 0 fully saturated rings. The van der Waals surface area contributed by atoms with Gasteiger partial charge in [-0.15, -0.1) is 12.4 Å². The van der Waals surface area contributed by atoms with E-state index in [0.29, 0.717) is 12.0 Å². The van der Waals surface area contributed by atoms with Crippen molar-refractivity contribution in [2.75, 3.05) is 7.11 Å². The van der Waals surface area contributed by atoms with E-state index in [4.69, 9.17) is 5.73 Å². The summed E-state index contributed by atoms with van der Waals surface area (Å²) in [5.74, 6) is -0.857. The normalized spacial score (nSPS) is 12.8. The van der Waals surface area contributed by atoms with Gasteiger partial charge in [0.25, 0.3) is 0 Å². The number of methoxy groups -OCH3 is 1. The third-order valence-corrected chi connectivity index (χ3v) is 2.65. The lowest BCUT2D eigenvalue weighted by atomic mass is 10.1. The predicted octanol–water partition coefficient (Wildman–Crippen LogP) is 1.18. The minimum Gasteiger partial charge on any atom is -0.467 e. The van der Waals surface area contributed by atoms with Crippen LogP contribution in [-0.4, -0.2) is 25.0 Å². The van der Waals surface area contributed by atoms with Crippen LogP contribution in [0.5, 0.6) is 0 Å². The molecule has 5 nitrogen and oxygen atoms in total. The summed E-state index contributed by atoms with van der Waals surface area (Å²) >= 11 is 0. The van der Waals surface area contributed by atoms with E-state index in [9.17, 15) is 9.59 Å². The van der Waals surface area contributed by atoms with E-state index in [-0.39, 0.29) is 12.4 Å². The standard InChI is InChI=1S/C13H18N2O3.ClH/c1-3-10(13(17)18-2)15-12(16)11(14)9-7-5-4-6-8-9;/h4-8,10-11H,3,14H2,1-2H3,(H,15,16);1H. The van der Waals surface area contributed by atoms with Gasteiger partial charge in [-0.05, 0) is 12.0 Å². The number of nitrogens with two attached hydrogens (primary N) is 1. The van der Waals surface area contributed by atoms with E-state index >= 15 is 0 Å². The number of benzene rings is 1. The molecule has 1 aromatic carbocycles. The third-order valence-electron chi connectivity index (χ3n) is 2.65. The van der Waals surface area contributed by atoms with Crippen molar-refractivity contribution in [2.24, 2.45) is 5.73 Å². The maximum Gasteiger partial charge on any atom is 0.328 e. The number of ether oxygens (including phenoxy) is 1. The van der Waals surface area contributed by atoms with Gasteiger partial charge in [0, 0.05) is 0 Å². The van der Waals surface area contributed by atoms with Crippen molar-refractivity contribution in [3.05, 3.63) is 35.9 Å². The van der Waals surface area contributed by atoms with Crippen molar-refractivity contribution >= 4 is 24.3 Å². The molecule has 0 spiro atoms. The highest BCUT2D eigenvalue weighted by atomic mass is 35.5. The Morgan fingerprint density at radius 3 is 2.37 bits per heavy atom. The molecule has 3 N–H and O–H groups in total. The molecule has 0 bridgehead atoms. The van der Waals surface area contributed by atoms with Gasteiger partial charge < -0.3 is 15.8 Å². The number of rotatable bonds is 5. The summed E-state index contributed by atoms with van der Waals surface area (Å²) in [4.78, 5) is 23.2. The number of carbonyl (C=O) groups excluding carboxylic acids is 2. The smallest absolute Gasteiger partial charge is 0.328 e. The molecule has 1 aromatic rings. The van der Waals surface area contributed by atoms with Crippen LogP contribution in [0.1, 0.15) is 24.9 Å². The average Bonchev–Trinajstić information content (AvgIpc) is 2.43. The van der Waals surface area contributed by atoms with Crippen LogP contribution in [0.25, 0.3) is 0 Å². The van der Waals surface area contributed by atoms with Gasteiger partial charge in [-0.2, -0.15) is 0 Å². The Morgan fingerprint density at radius 1 is 1.32 bits per heavy atom. The van der Waals surface area contributed by atoms with Crippen LogP contribution in [0, 0.1) is 0 Å². The summed E-state index contributed by atoms with van der Waals surface area (Å²) < 4.78 is 4.60. The lowest BCUT2D eigenvalue weighted by Gasteiger charge is -2.18. The molecule has 1 rings (SSSR count). The van der Waals surface area contributed by atoms with Crippen molar-refractivity contribution in [3.63, 3.8) is 0 Å². The molecule has 0 heterocycles. The van der Waals surface area contributed by atoms with Crippen LogP contribution in [0.4, 0.5) is 0 Å². The van der Waals surface area contributed by atoms with E-state index in [0.717, 1.165) is 0 Å². The van der Waals surface area contributed by atoms with Gasteiger partial charge in [-0.1, -0.05) is 37.3 Å². The van der Waals surface area contributed by atoms with Gasteiger partial charge in [0.15, 0.2) is 0 Å². The molecule has 0 aliphatic carbocycles. The minimum absolute atomic E-state index is 0. The highest BCUT2D eigenvalue weighted by Crippen LogP contribution is 2.10. The minimum atomic E-state index is -0.787. The van der Waals surface area contributed by atoms with Crippen molar-refractivity contribution in [1.82, 2.24) is 5.32 Å². The molecular weight excluding hydrogens is 268 g/mol. The molecular formula is C13H19ClN2O3. The second-order valence-electron chi connectivity index (χ2n) is 3.88. The second-order valence-corrected chi connectivity index (χ2v) is 3.88. The maximum absolute atomic E-state index is 11.9. The summed E-state index contributed by atoms with van der Waals surface area (Å²) in [5.41, 5.74) is 6.52. The Labute approximate surface area is 118 Å². The molecule has 2 atom stereocenters. The first kappa shape index (κ1) is 17.4. The van der Waals surface area contributed by atoms with Crippen LogP contribution in [-0.2, 0) is 14.3 Å². The molecule has 0 aromatic heterocycles. The zero-order chi connectivity index (χ0) is 13.5. The molecule has 1 amide bonds. The molecule has 19 heavy (non-hydrogen) atoms. The first-order valence-corrected chi connectivity index (χ1v) is 5.78. The number of nitrogens with one attached hydrogen (secondary N) is 1. The monoisotopic (exact) mass is 286 g/mol. The zero-order valence-electron chi connectivity index (χ0n) is 11.0. The van der Waals surface area contributed by atoms with Crippen molar-refractivity contribution in [3.8, 4) is 0 Å². The zero-order valence-corrected chi connectivity index (χ0v) is 11.8. The number of hydrogen-bond donors (Lipinski definition) is 2. The lowest BCUT2D eigenvalue weighted by molar-refractivity contribution is -0.145. The Bertz CT molecular complexity index is 412. The van der Waals surface area contributed by atoms with Gasteiger partial charge in [-0.25, -0.2) is 4.79 Å². The average molecular weight is 287 g/mol. The number of halogens is 1. The van der Waals surface area contributed by atoms with E-state index in [1.165, 1.54) is 7.11 Å². The molecule has 2 unspecified atom stereocenters. The van der Waals surface area contributed by atoms with E-state index in [2.05, 4.69) is 10.1 Å².